The van der Waals surface area contributed by atoms with Gasteiger partial charge >= 0.3 is 0 Å². The molecule has 2 aromatic carbocycles. The highest BCUT2D eigenvalue weighted by Gasteiger charge is 2.16. The molecule has 4 nitrogen and oxygen atoms in total. The second-order valence-electron chi connectivity index (χ2n) is 4.78. The van der Waals surface area contributed by atoms with Crippen LogP contribution in [0.4, 0.5) is 0 Å². The summed E-state index contributed by atoms with van der Waals surface area (Å²) in [5, 5.41) is 32.0. The number of phenols is 2. The van der Waals surface area contributed by atoms with E-state index in [0.717, 1.165) is 5.56 Å². The van der Waals surface area contributed by atoms with Gasteiger partial charge in [-0.15, -0.1) is 0 Å². The van der Waals surface area contributed by atoms with E-state index in [9.17, 15) is 15.3 Å². The molecule has 0 spiro atoms. The van der Waals surface area contributed by atoms with Gasteiger partial charge in [0.1, 0.15) is 11.5 Å². The molecule has 1 unspecified atom stereocenters. The molecule has 4 heteroatoms. The monoisotopic (exact) mass is 273 g/mol. The van der Waals surface area contributed by atoms with Crippen LogP contribution in [0, 0.1) is 0 Å². The van der Waals surface area contributed by atoms with E-state index in [4.69, 9.17) is 0 Å². The van der Waals surface area contributed by atoms with E-state index < -0.39 is 0 Å². The van der Waals surface area contributed by atoms with Gasteiger partial charge in [-0.3, -0.25) is 0 Å². The molecule has 0 aliphatic rings. The van der Waals surface area contributed by atoms with E-state index in [0.29, 0.717) is 5.56 Å². The number of aliphatic hydroxyl groups excluding tert-OH is 1. The van der Waals surface area contributed by atoms with E-state index >= 15 is 0 Å². The molecule has 4 N–H and O–H groups in total. The molecule has 2 aromatic rings. The van der Waals surface area contributed by atoms with Gasteiger partial charge in [-0.05, 0) is 18.6 Å². The van der Waals surface area contributed by atoms with Crippen molar-refractivity contribution in [1.29, 1.82) is 0 Å². The molecular formula is C16H19NO3. The minimum atomic E-state index is -0.209. The van der Waals surface area contributed by atoms with Gasteiger partial charge in [-0.25, -0.2) is 0 Å². The zero-order chi connectivity index (χ0) is 14.5. The predicted molar refractivity (Wildman–Crippen MR) is 77.6 cm³/mol. The van der Waals surface area contributed by atoms with Gasteiger partial charge in [0.15, 0.2) is 0 Å². The molecule has 0 saturated heterocycles. The van der Waals surface area contributed by atoms with E-state index in [2.05, 4.69) is 5.32 Å². The van der Waals surface area contributed by atoms with Crippen LogP contribution in [0.2, 0.25) is 0 Å². The summed E-state index contributed by atoms with van der Waals surface area (Å²) in [7, 11) is 0. The molecule has 0 aromatic heterocycles. The maximum absolute atomic E-state index is 9.86. The molecule has 0 saturated carbocycles. The summed E-state index contributed by atoms with van der Waals surface area (Å²) in [6, 6.07) is 13.8. The smallest absolute Gasteiger partial charge is 0.124 e. The molecule has 2 atom stereocenters. The molecule has 0 radical (unpaired) electrons. The van der Waals surface area contributed by atoms with Gasteiger partial charge in [0, 0.05) is 17.7 Å². The number of aromatic hydroxyl groups is 2. The first-order valence-corrected chi connectivity index (χ1v) is 6.55. The number of aliphatic hydroxyl groups is 1. The summed E-state index contributed by atoms with van der Waals surface area (Å²) in [6.07, 6.45) is 0. The summed E-state index contributed by atoms with van der Waals surface area (Å²) >= 11 is 0. The van der Waals surface area contributed by atoms with E-state index in [1.54, 1.807) is 6.07 Å². The molecule has 0 heterocycles. The zero-order valence-electron chi connectivity index (χ0n) is 11.3. The standard InChI is InChI=1S/C16H19NO3/c1-11(14-8-7-13(19)9-16(14)20)17-15(10-18)12-5-3-2-4-6-12/h2-9,11,15,17-20H,10H2,1H3/t11?,15-/m0/s1. The average molecular weight is 273 g/mol. The van der Waals surface area contributed by atoms with Crippen LogP contribution in [0.15, 0.2) is 48.5 Å². The van der Waals surface area contributed by atoms with Crippen molar-refractivity contribution in [1.82, 2.24) is 5.32 Å². The molecule has 0 aliphatic heterocycles. The van der Waals surface area contributed by atoms with Crippen molar-refractivity contribution >= 4 is 0 Å². The lowest BCUT2D eigenvalue weighted by atomic mass is 10.0. The molecule has 106 valence electrons. The highest BCUT2D eigenvalue weighted by atomic mass is 16.3. The first-order chi connectivity index (χ1) is 9.61. The van der Waals surface area contributed by atoms with Gasteiger partial charge in [-0.1, -0.05) is 36.4 Å². The summed E-state index contributed by atoms with van der Waals surface area (Å²) in [6.45, 7) is 1.87. The third-order valence-corrected chi connectivity index (χ3v) is 3.32. The highest BCUT2D eigenvalue weighted by molar-refractivity contribution is 5.40. The Kier molecular flexibility index (Phi) is 4.61. The lowest BCUT2D eigenvalue weighted by Crippen LogP contribution is -2.27. The molecule has 0 fully saturated rings. The Morgan fingerprint density at radius 1 is 1.05 bits per heavy atom. The fraction of sp³-hybridized carbons (Fsp3) is 0.250. The normalized spacial score (nSPS) is 13.9. The minimum Gasteiger partial charge on any atom is -0.508 e. The Labute approximate surface area is 118 Å². The van der Waals surface area contributed by atoms with Crippen LogP contribution in [-0.2, 0) is 0 Å². The van der Waals surface area contributed by atoms with E-state index in [-0.39, 0.29) is 30.2 Å². The molecule has 20 heavy (non-hydrogen) atoms. The fourth-order valence-corrected chi connectivity index (χ4v) is 2.23. The van der Waals surface area contributed by atoms with Crippen LogP contribution in [0.25, 0.3) is 0 Å². The Morgan fingerprint density at radius 3 is 2.35 bits per heavy atom. The van der Waals surface area contributed by atoms with Crippen molar-refractivity contribution in [2.24, 2.45) is 0 Å². The van der Waals surface area contributed by atoms with Crippen LogP contribution in [0.5, 0.6) is 11.5 Å². The number of rotatable bonds is 5. The highest BCUT2D eigenvalue weighted by Crippen LogP contribution is 2.29. The Balaban J connectivity index is 2.15. The minimum absolute atomic E-state index is 0.0280. The van der Waals surface area contributed by atoms with Crippen molar-refractivity contribution in [3.63, 3.8) is 0 Å². The average Bonchev–Trinajstić information content (AvgIpc) is 2.45. The van der Waals surface area contributed by atoms with Gasteiger partial charge in [0.05, 0.1) is 12.6 Å². The van der Waals surface area contributed by atoms with Crippen LogP contribution in [0.1, 0.15) is 30.1 Å². The quantitative estimate of drug-likeness (QED) is 0.675. The van der Waals surface area contributed by atoms with Crippen molar-refractivity contribution in [3.05, 3.63) is 59.7 Å². The molecule has 0 aliphatic carbocycles. The third-order valence-electron chi connectivity index (χ3n) is 3.32. The number of phenolic OH excluding ortho intramolecular Hbond substituents is 2. The van der Waals surface area contributed by atoms with Gasteiger partial charge in [0.25, 0.3) is 0 Å². The largest absolute Gasteiger partial charge is 0.508 e. The van der Waals surface area contributed by atoms with E-state index in [1.165, 1.54) is 12.1 Å². The predicted octanol–water partition coefficient (Wildman–Crippen LogP) is 2.48. The maximum atomic E-state index is 9.86. The molecule has 2 rings (SSSR count). The topological polar surface area (TPSA) is 72.7 Å². The van der Waals surface area contributed by atoms with Crippen molar-refractivity contribution in [2.45, 2.75) is 19.0 Å². The lowest BCUT2D eigenvalue weighted by Gasteiger charge is -2.23. The molecular weight excluding hydrogens is 254 g/mol. The molecule has 0 bridgehead atoms. The van der Waals surface area contributed by atoms with Crippen LogP contribution < -0.4 is 5.32 Å². The first kappa shape index (κ1) is 14.4. The van der Waals surface area contributed by atoms with Crippen molar-refractivity contribution in [2.75, 3.05) is 6.61 Å². The SMILES string of the molecule is CC(N[C@@H](CO)c1ccccc1)c1ccc(O)cc1O. The zero-order valence-corrected chi connectivity index (χ0v) is 11.3. The number of hydrogen-bond donors (Lipinski definition) is 4. The Bertz CT molecular complexity index is 557. The molecule has 0 amide bonds. The summed E-state index contributed by atoms with van der Waals surface area (Å²) in [5.74, 6) is 0.0648. The van der Waals surface area contributed by atoms with Gasteiger partial charge in [-0.2, -0.15) is 0 Å². The van der Waals surface area contributed by atoms with Crippen LogP contribution in [0.3, 0.4) is 0 Å². The van der Waals surface area contributed by atoms with Crippen LogP contribution >= 0.6 is 0 Å². The van der Waals surface area contributed by atoms with Crippen molar-refractivity contribution < 1.29 is 15.3 Å². The number of benzene rings is 2. The van der Waals surface area contributed by atoms with Crippen molar-refractivity contribution in [3.8, 4) is 11.5 Å². The number of hydrogen-bond acceptors (Lipinski definition) is 4. The first-order valence-electron chi connectivity index (χ1n) is 6.55. The summed E-state index contributed by atoms with van der Waals surface area (Å²) in [5.41, 5.74) is 1.66. The van der Waals surface area contributed by atoms with Gasteiger partial charge < -0.3 is 20.6 Å². The second-order valence-corrected chi connectivity index (χ2v) is 4.78. The van der Waals surface area contributed by atoms with E-state index in [1.807, 2.05) is 37.3 Å². The summed E-state index contributed by atoms with van der Waals surface area (Å²) < 4.78 is 0. The maximum Gasteiger partial charge on any atom is 0.124 e. The Hall–Kier alpha value is -2.04. The fourth-order valence-electron chi connectivity index (χ4n) is 2.23. The second kappa shape index (κ2) is 6.41. The van der Waals surface area contributed by atoms with Gasteiger partial charge in [0.2, 0.25) is 0 Å². The van der Waals surface area contributed by atoms with Crippen LogP contribution in [-0.4, -0.2) is 21.9 Å². The Morgan fingerprint density at radius 2 is 1.75 bits per heavy atom. The summed E-state index contributed by atoms with van der Waals surface area (Å²) in [4.78, 5) is 0. The third kappa shape index (κ3) is 3.29. The number of nitrogens with one attached hydrogen (secondary N) is 1. The lowest BCUT2D eigenvalue weighted by molar-refractivity contribution is 0.234.